The van der Waals surface area contributed by atoms with Crippen molar-refractivity contribution in [1.82, 2.24) is 15.0 Å². The van der Waals surface area contributed by atoms with Gasteiger partial charge in [0.25, 0.3) is 0 Å². The fourth-order valence-electron chi connectivity index (χ4n) is 1.86. The van der Waals surface area contributed by atoms with E-state index in [-0.39, 0.29) is 0 Å². The van der Waals surface area contributed by atoms with Crippen molar-refractivity contribution in [2.75, 3.05) is 0 Å². The van der Waals surface area contributed by atoms with E-state index >= 15 is 0 Å². The summed E-state index contributed by atoms with van der Waals surface area (Å²) in [6, 6.07) is 10.1. The normalized spacial score (nSPS) is 10.8. The number of benzene rings is 1. The lowest BCUT2D eigenvalue weighted by atomic mass is 10.1. The Kier molecular flexibility index (Phi) is 1.96. The maximum absolute atomic E-state index is 4.35. The Morgan fingerprint density at radius 2 is 2.00 bits per heavy atom. The van der Waals surface area contributed by atoms with E-state index in [0.717, 1.165) is 28.0 Å². The van der Waals surface area contributed by atoms with Gasteiger partial charge in [-0.05, 0) is 19.1 Å². The third kappa shape index (κ3) is 1.37. The number of aryl methyl sites for hydroxylation is 1. The molecule has 0 unspecified atom stereocenters. The van der Waals surface area contributed by atoms with Crippen molar-refractivity contribution in [3.63, 3.8) is 0 Å². The van der Waals surface area contributed by atoms with E-state index in [2.05, 4.69) is 27.1 Å². The van der Waals surface area contributed by atoms with E-state index in [1.54, 1.807) is 6.20 Å². The van der Waals surface area contributed by atoms with Gasteiger partial charge in [-0.1, -0.05) is 18.2 Å². The number of nitrogens with zero attached hydrogens (tertiary/aromatic N) is 2. The monoisotopic (exact) mass is 209 g/mol. The van der Waals surface area contributed by atoms with Gasteiger partial charge in [-0.3, -0.25) is 4.98 Å². The molecule has 1 aromatic carbocycles. The third-order valence-corrected chi connectivity index (χ3v) is 2.60. The number of fused-ring (bicyclic) bond motifs is 1. The molecule has 3 heteroatoms. The van der Waals surface area contributed by atoms with E-state index in [9.17, 15) is 0 Å². The molecule has 16 heavy (non-hydrogen) atoms. The molecule has 0 saturated heterocycles. The predicted molar refractivity (Wildman–Crippen MR) is 64.1 cm³/mol. The Morgan fingerprint density at radius 1 is 1.06 bits per heavy atom. The van der Waals surface area contributed by atoms with Crippen molar-refractivity contribution in [3.05, 3.63) is 48.4 Å². The van der Waals surface area contributed by atoms with E-state index in [1.807, 2.05) is 31.3 Å². The van der Waals surface area contributed by atoms with Crippen LogP contribution in [0.15, 0.2) is 42.7 Å². The van der Waals surface area contributed by atoms with Crippen molar-refractivity contribution in [2.24, 2.45) is 0 Å². The fraction of sp³-hybridized carbons (Fsp3) is 0.0769. The van der Waals surface area contributed by atoms with Gasteiger partial charge in [0, 0.05) is 29.0 Å². The highest BCUT2D eigenvalue weighted by Crippen LogP contribution is 2.24. The lowest BCUT2D eigenvalue weighted by molar-refractivity contribution is 1.26. The van der Waals surface area contributed by atoms with Crippen molar-refractivity contribution >= 4 is 10.9 Å². The van der Waals surface area contributed by atoms with Crippen LogP contribution in [0.25, 0.3) is 22.3 Å². The minimum Gasteiger partial charge on any atom is -0.342 e. The molecule has 2 aromatic heterocycles. The minimum atomic E-state index is 0.899. The fourth-order valence-corrected chi connectivity index (χ4v) is 1.86. The summed E-state index contributed by atoms with van der Waals surface area (Å²) in [5, 5.41) is 1.12. The molecule has 0 amide bonds. The quantitative estimate of drug-likeness (QED) is 0.669. The Hall–Kier alpha value is -2.16. The van der Waals surface area contributed by atoms with Crippen molar-refractivity contribution in [3.8, 4) is 11.4 Å². The first-order chi connectivity index (χ1) is 7.84. The van der Waals surface area contributed by atoms with Crippen LogP contribution < -0.4 is 0 Å². The molecule has 0 fully saturated rings. The number of aromatic nitrogens is 3. The molecule has 0 aliphatic heterocycles. The predicted octanol–water partition coefficient (Wildman–Crippen LogP) is 2.93. The summed E-state index contributed by atoms with van der Waals surface area (Å²) in [6.45, 7) is 2.00. The van der Waals surface area contributed by atoms with Gasteiger partial charge in [-0.2, -0.15) is 0 Å². The van der Waals surface area contributed by atoms with Crippen LogP contribution in [-0.4, -0.2) is 15.0 Å². The molecule has 2 heterocycles. The van der Waals surface area contributed by atoms with Crippen LogP contribution in [0.5, 0.6) is 0 Å². The maximum atomic E-state index is 4.35. The van der Waals surface area contributed by atoms with E-state index in [4.69, 9.17) is 0 Å². The van der Waals surface area contributed by atoms with Gasteiger partial charge < -0.3 is 4.98 Å². The summed E-state index contributed by atoms with van der Waals surface area (Å²) in [4.78, 5) is 11.9. The molecular formula is C13H11N3. The molecule has 0 aliphatic carbocycles. The smallest absolute Gasteiger partial charge is 0.138 e. The Labute approximate surface area is 93.2 Å². The summed E-state index contributed by atoms with van der Waals surface area (Å²) in [5.74, 6) is 0.899. The highest BCUT2D eigenvalue weighted by molar-refractivity contribution is 5.92. The molecule has 3 aromatic rings. The van der Waals surface area contributed by atoms with Gasteiger partial charge in [0.2, 0.25) is 0 Å². The topological polar surface area (TPSA) is 41.6 Å². The van der Waals surface area contributed by atoms with Gasteiger partial charge in [-0.25, -0.2) is 4.98 Å². The number of pyridine rings is 1. The first-order valence-electron chi connectivity index (χ1n) is 5.20. The average Bonchev–Trinajstić information content (AvgIpc) is 2.75. The second-order valence-electron chi connectivity index (χ2n) is 3.79. The number of nitrogens with one attached hydrogen (secondary N) is 1. The number of hydrogen-bond acceptors (Lipinski definition) is 2. The zero-order valence-corrected chi connectivity index (χ0v) is 8.94. The summed E-state index contributed by atoms with van der Waals surface area (Å²) < 4.78 is 0. The average molecular weight is 209 g/mol. The van der Waals surface area contributed by atoms with Crippen LogP contribution in [0.3, 0.4) is 0 Å². The van der Waals surface area contributed by atoms with Crippen LogP contribution in [0.4, 0.5) is 0 Å². The van der Waals surface area contributed by atoms with Crippen molar-refractivity contribution in [1.29, 1.82) is 0 Å². The van der Waals surface area contributed by atoms with Crippen LogP contribution in [0.1, 0.15) is 5.69 Å². The van der Waals surface area contributed by atoms with Crippen LogP contribution >= 0.6 is 0 Å². The first-order valence-corrected chi connectivity index (χ1v) is 5.20. The second kappa shape index (κ2) is 3.45. The molecule has 0 bridgehead atoms. The highest BCUT2D eigenvalue weighted by atomic mass is 14.9. The number of H-pyrrole nitrogens is 1. The molecule has 1 N–H and O–H groups in total. The molecule has 0 aliphatic rings. The van der Waals surface area contributed by atoms with Gasteiger partial charge in [0.15, 0.2) is 0 Å². The largest absolute Gasteiger partial charge is 0.342 e. The molecule has 0 saturated carbocycles. The molecule has 3 rings (SSSR count). The number of hydrogen-bond donors (Lipinski definition) is 1. The van der Waals surface area contributed by atoms with E-state index in [1.165, 1.54) is 0 Å². The lowest BCUT2D eigenvalue weighted by Gasteiger charge is -2.02. The van der Waals surface area contributed by atoms with Gasteiger partial charge in [-0.15, -0.1) is 0 Å². The van der Waals surface area contributed by atoms with Gasteiger partial charge in [0.1, 0.15) is 5.82 Å². The second-order valence-corrected chi connectivity index (χ2v) is 3.79. The maximum Gasteiger partial charge on any atom is 0.138 e. The summed E-state index contributed by atoms with van der Waals surface area (Å²) in [6.07, 6.45) is 3.64. The number of aromatic amines is 1. The SMILES string of the molecule is Cc1cnc(-c2cccc3ncccc23)[nH]1. The Balaban J connectivity index is 2.31. The van der Waals surface area contributed by atoms with Gasteiger partial charge in [0.05, 0.1) is 5.52 Å². The van der Waals surface area contributed by atoms with E-state index in [0.29, 0.717) is 0 Å². The number of imidazole rings is 1. The standard InChI is InChI=1S/C13H11N3/c1-9-8-15-13(16-9)11-4-2-6-12-10(11)5-3-7-14-12/h2-8H,1H3,(H,15,16). The molecule has 78 valence electrons. The lowest BCUT2D eigenvalue weighted by Crippen LogP contribution is -1.85. The molecule has 3 nitrogen and oxygen atoms in total. The van der Waals surface area contributed by atoms with E-state index < -0.39 is 0 Å². The van der Waals surface area contributed by atoms with Crippen LogP contribution in [0.2, 0.25) is 0 Å². The Morgan fingerprint density at radius 3 is 2.81 bits per heavy atom. The molecule has 0 spiro atoms. The number of rotatable bonds is 1. The highest BCUT2D eigenvalue weighted by Gasteiger charge is 2.06. The van der Waals surface area contributed by atoms with Gasteiger partial charge >= 0.3 is 0 Å². The van der Waals surface area contributed by atoms with Crippen LogP contribution in [0, 0.1) is 6.92 Å². The summed E-state index contributed by atoms with van der Waals surface area (Å²) in [7, 11) is 0. The summed E-state index contributed by atoms with van der Waals surface area (Å²) in [5.41, 5.74) is 3.16. The summed E-state index contributed by atoms with van der Waals surface area (Å²) >= 11 is 0. The minimum absolute atomic E-state index is 0.899. The van der Waals surface area contributed by atoms with Crippen molar-refractivity contribution in [2.45, 2.75) is 6.92 Å². The van der Waals surface area contributed by atoms with Crippen LogP contribution in [-0.2, 0) is 0 Å². The third-order valence-electron chi connectivity index (χ3n) is 2.60. The molecule has 0 radical (unpaired) electrons. The molecular weight excluding hydrogens is 198 g/mol. The molecule has 0 atom stereocenters. The zero-order valence-electron chi connectivity index (χ0n) is 8.94. The Bertz CT molecular complexity index is 635. The first kappa shape index (κ1) is 9.09. The van der Waals surface area contributed by atoms with Crippen molar-refractivity contribution < 1.29 is 0 Å². The zero-order chi connectivity index (χ0) is 11.0.